The number of rotatable bonds is 15. The number of esters is 2. The molecule has 2 atom stereocenters. The molecule has 558 valence electrons. The van der Waals surface area contributed by atoms with Crippen molar-refractivity contribution in [2.75, 3.05) is 69.7 Å². The number of hydrogen-bond acceptors (Lipinski definition) is 12. The molecule has 2 unspecified atom stereocenters. The third-order valence-electron chi connectivity index (χ3n) is 21.2. The normalized spacial score (nSPS) is 16.8. The lowest BCUT2D eigenvalue weighted by molar-refractivity contribution is -0.000313. The molecule has 0 N–H and O–H groups in total. The van der Waals surface area contributed by atoms with Crippen LogP contribution in [0.5, 0.6) is 11.5 Å². The number of methoxy groups -OCH3 is 2. The molecule has 13 nitrogen and oxygen atoms in total. The molecule has 0 aliphatic carbocycles. The van der Waals surface area contributed by atoms with Crippen molar-refractivity contribution in [3.8, 4) is 11.5 Å². The predicted octanol–water partition coefficient (Wildman–Crippen LogP) is 13.5. The minimum Gasteiger partial charge on any atom is -1.00 e. The second-order valence-electron chi connectivity index (χ2n) is 32.9. The smallest absolute Gasteiger partial charge is 0.338 e. The molecule has 17 heteroatoms. The highest BCUT2D eigenvalue weighted by molar-refractivity contribution is 9.10. The van der Waals surface area contributed by atoms with Gasteiger partial charge in [0.25, 0.3) is 0 Å². The van der Waals surface area contributed by atoms with Gasteiger partial charge in [0.05, 0.1) is 11.1 Å². The van der Waals surface area contributed by atoms with Gasteiger partial charge in [-0.15, -0.1) is 0 Å². The Hall–Kier alpha value is -7.84. The van der Waals surface area contributed by atoms with E-state index in [1.165, 1.54) is 59.3 Å². The van der Waals surface area contributed by atoms with Gasteiger partial charge in [-0.25, -0.2) is 14.2 Å². The van der Waals surface area contributed by atoms with Gasteiger partial charge in [-0.2, -0.15) is 0 Å². The number of anilines is 5. The Morgan fingerprint density at radius 1 is 0.562 bits per heavy atom. The highest BCUT2D eigenvalue weighted by Crippen LogP contribution is 2.45. The molecule has 4 heterocycles. The number of aryl methyl sites for hydroxylation is 2. The number of ether oxygens (including phenoxy) is 6. The first-order valence-corrected chi connectivity index (χ1v) is 43.4. The van der Waals surface area contributed by atoms with E-state index in [1.54, 1.807) is 20.3 Å². The maximum absolute atomic E-state index is 13.9. The zero-order chi connectivity index (χ0) is 76.1. The summed E-state index contributed by atoms with van der Waals surface area (Å²) in [4.78, 5) is 45.7. The van der Waals surface area contributed by atoms with Crippen molar-refractivity contribution in [1.29, 1.82) is 0 Å². The number of hydrogen-bond donors (Lipinski definition) is 0. The minimum absolute atomic E-state index is 0. The summed E-state index contributed by atoms with van der Waals surface area (Å²) >= 11 is 3.39. The first-order chi connectivity index (χ1) is 48.7. The average Bonchev–Trinajstić information content (AvgIpc) is 0.715. The standard InChI is InChI=1S/C44H55N2O4Si.C32H40N2O3Si.C12H15BrO2.ClH/c1-13-46-38-25-40-37(24-36(38)29(3)26-44(46,7)8)41(34-20-14-30(22-28(34)2)42(47)50-43(4,5)6)35-21-17-32(23-39(35)51(40,11)12)45(9)31-15-18-33(19-16-31)49-27-48-10;1-9-34-28-18-30-27(17-26(28)21(2)19-32(34,3)4)31(35)25-15-12-23(16-29(25)38(30,7)8)33(5)22-10-13-24(14-11-22)37-20-36-6;1-8-7-9(5-6-10(8)13)11(14)15-12(2,3)4;/h14-25,29H,13,26-27H2,1-12H3;10-18,21H,9,19-20H2,1-8H3;5-7H,1-4H3;1H/q+1;;;/p-1. The third kappa shape index (κ3) is 17.0. The van der Waals surface area contributed by atoms with E-state index in [0.29, 0.717) is 23.0 Å². The topological polar surface area (TPSA) is 119 Å². The summed E-state index contributed by atoms with van der Waals surface area (Å²) in [7, 11) is 3.05. The molecule has 0 amide bonds. The van der Waals surface area contributed by atoms with Crippen LogP contribution in [0.2, 0.25) is 26.2 Å². The quantitative estimate of drug-likeness (QED) is 0.0421. The second-order valence-corrected chi connectivity index (χ2v) is 42.4. The molecule has 105 heavy (non-hydrogen) atoms. The van der Waals surface area contributed by atoms with E-state index >= 15 is 0 Å². The largest absolute Gasteiger partial charge is 1.00 e. The fourth-order valence-corrected chi connectivity index (χ4v) is 22.4. The molecule has 12 rings (SSSR count). The van der Waals surface area contributed by atoms with Gasteiger partial charge in [0.15, 0.2) is 24.9 Å². The van der Waals surface area contributed by atoms with E-state index in [0.717, 1.165) is 92.5 Å². The summed E-state index contributed by atoms with van der Waals surface area (Å²) in [5, 5.41) is 8.06. The minimum atomic E-state index is -2.23. The number of fused-ring (bicyclic) bond motifs is 6. The van der Waals surface area contributed by atoms with Crippen LogP contribution < -0.4 is 72.5 Å². The van der Waals surface area contributed by atoms with Crippen LogP contribution in [0.1, 0.15) is 192 Å². The summed E-state index contributed by atoms with van der Waals surface area (Å²) in [5.74, 6) is 2.00. The molecular weight excluding hydrogens is 1430 g/mol. The van der Waals surface area contributed by atoms with E-state index in [9.17, 15) is 14.4 Å². The summed E-state index contributed by atoms with van der Waals surface area (Å²) in [6, 6.07) is 50.7. The fraction of sp³-hybridized carbons (Fsp3) is 0.409. The van der Waals surface area contributed by atoms with E-state index in [2.05, 4.69) is 211 Å². The van der Waals surface area contributed by atoms with Crippen molar-refractivity contribution in [1.82, 2.24) is 4.58 Å². The second kappa shape index (κ2) is 31.5. The first kappa shape index (κ1) is 81.2. The van der Waals surface area contributed by atoms with Crippen molar-refractivity contribution in [3.05, 3.63) is 216 Å². The van der Waals surface area contributed by atoms with Crippen molar-refractivity contribution >= 4 is 105 Å². The van der Waals surface area contributed by atoms with E-state index in [1.807, 2.05) is 115 Å². The van der Waals surface area contributed by atoms with E-state index in [-0.39, 0.29) is 54.8 Å². The summed E-state index contributed by atoms with van der Waals surface area (Å²) in [6.45, 7) is 46.2. The fourth-order valence-electron chi connectivity index (χ4n) is 16.1. The Morgan fingerprint density at radius 2 is 1.02 bits per heavy atom. The van der Waals surface area contributed by atoms with Crippen molar-refractivity contribution in [2.45, 2.75) is 184 Å². The Labute approximate surface area is 641 Å². The van der Waals surface area contributed by atoms with Gasteiger partial charge in [-0.05, 0) is 302 Å². The number of carbonyl (C=O) groups is 3. The maximum Gasteiger partial charge on any atom is 0.338 e. The van der Waals surface area contributed by atoms with Gasteiger partial charge < -0.3 is 55.5 Å². The van der Waals surface area contributed by atoms with Crippen LogP contribution >= 0.6 is 15.9 Å². The average molecular weight is 1540 g/mol. The SMILES string of the molecule is CCN1c2cc3c(cc2C(C)CC1(C)C)C(=O)c1ccc(N(C)c2ccc(OCOC)cc2)cc1[Si]3(C)C.CC[N+]1=c2cc3c(cc2C(C)CC1(C)C)=C(c1ccc(C(=O)OC(C)(C)C)cc1C)c1ccc(N(C)c2ccc(OCOC)cc2)cc1[Si]3(C)C.Cc1cc(C(=O)OC(C)(C)C)ccc1Br.[Cl-]. The van der Waals surface area contributed by atoms with Crippen LogP contribution in [0.4, 0.5) is 28.4 Å². The molecule has 0 saturated heterocycles. The Morgan fingerprint density at radius 3 is 1.50 bits per heavy atom. The first-order valence-electron chi connectivity index (χ1n) is 36.6. The van der Waals surface area contributed by atoms with Crippen LogP contribution in [-0.4, -0.2) is 111 Å². The Kier molecular flexibility index (Phi) is 24.4. The summed E-state index contributed by atoms with van der Waals surface area (Å²) < 4.78 is 35.9. The molecule has 8 aromatic rings. The molecule has 4 aliphatic rings. The number of halogens is 2. The lowest BCUT2D eigenvalue weighted by Gasteiger charge is -2.48. The lowest BCUT2D eigenvalue weighted by atomic mass is 9.79. The van der Waals surface area contributed by atoms with Gasteiger partial charge in [-0.1, -0.05) is 68.1 Å². The van der Waals surface area contributed by atoms with Crippen LogP contribution in [0.3, 0.4) is 0 Å². The lowest BCUT2D eigenvalue weighted by Crippen LogP contribution is -3.00. The van der Waals surface area contributed by atoms with Crippen LogP contribution in [-0.2, 0) is 18.9 Å². The van der Waals surface area contributed by atoms with Crippen LogP contribution in [0, 0.1) is 13.8 Å². The molecule has 0 aromatic heterocycles. The highest BCUT2D eigenvalue weighted by Gasteiger charge is 2.45. The van der Waals surface area contributed by atoms with Gasteiger partial charge in [0, 0.05) is 102 Å². The number of nitrogens with zero attached hydrogens (tertiary/aromatic N) is 4. The van der Waals surface area contributed by atoms with Gasteiger partial charge >= 0.3 is 11.9 Å². The monoisotopic (exact) mass is 1540 g/mol. The Bertz CT molecular complexity index is 4730. The molecule has 0 bridgehead atoms. The number of ketones is 1. The molecule has 0 radical (unpaired) electrons. The Balaban J connectivity index is 0.000000207. The number of benzene rings is 8. The number of carbonyl (C=O) groups excluding carboxylic acids is 3. The van der Waals surface area contributed by atoms with Crippen molar-refractivity contribution < 1.29 is 55.2 Å². The zero-order valence-electron chi connectivity index (χ0n) is 66.5. The van der Waals surface area contributed by atoms with Crippen molar-refractivity contribution in [2.24, 2.45) is 0 Å². The molecule has 0 saturated carbocycles. The van der Waals surface area contributed by atoms with Crippen LogP contribution in [0.25, 0.3) is 5.57 Å². The van der Waals surface area contributed by atoms with Crippen LogP contribution in [0.15, 0.2) is 150 Å². The molecule has 0 fully saturated rings. The predicted molar refractivity (Wildman–Crippen MR) is 437 cm³/mol. The molecule has 0 spiro atoms. The highest BCUT2D eigenvalue weighted by atomic mass is 79.9. The molecular formula is C88H110BrClN4O9Si2. The van der Waals surface area contributed by atoms with Crippen molar-refractivity contribution in [3.63, 3.8) is 0 Å². The summed E-state index contributed by atoms with van der Waals surface area (Å²) in [5.41, 5.74) is 16.3. The van der Waals surface area contributed by atoms with Gasteiger partial charge in [-0.3, -0.25) is 4.79 Å². The van der Waals surface area contributed by atoms with E-state index in [4.69, 9.17) is 28.4 Å². The van der Waals surface area contributed by atoms with Gasteiger partial charge in [0.1, 0.15) is 45.4 Å². The molecule has 4 aliphatic heterocycles. The zero-order valence-corrected chi connectivity index (χ0v) is 70.8. The maximum atomic E-state index is 13.9. The summed E-state index contributed by atoms with van der Waals surface area (Å²) in [6.07, 6.45) is 2.20. The molecule has 8 aromatic carbocycles. The third-order valence-corrected chi connectivity index (χ3v) is 29.2. The van der Waals surface area contributed by atoms with Gasteiger partial charge in [0.2, 0.25) is 5.36 Å². The van der Waals surface area contributed by atoms with E-state index < -0.39 is 27.3 Å².